The van der Waals surface area contributed by atoms with Crippen molar-refractivity contribution in [3.63, 3.8) is 0 Å². The number of hydrogen-bond acceptors (Lipinski definition) is 4. The number of carbonyl (C=O) groups is 1. The van der Waals surface area contributed by atoms with Gasteiger partial charge in [0, 0.05) is 26.2 Å². The van der Waals surface area contributed by atoms with Crippen LogP contribution in [0.25, 0.3) is 0 Å². The first-order valence-corrected chi connectivity index (χ1v) is 7.15. The first kappa shape index (κ1) is 15.0. The van der Waals surface area contributed by atoms with Crippen LogP contribution < -0.4 is 5.73 Å². The first-order chi connectivity index (χ1) is 9.72. The molecule has 5 heteroatoms. The van der Waals surface area contributed by atoms with Gasteiger partial charge in [-0.05, 0) is 18.5 Å². The van der Waals surface area contributed by atoms with Crippen molar-refractivity contribution in [2.45, 2.75) is 12.5 Å². The first-order valence-electron chi connectivity index (χ1n) is 7.15. The number of carbonyl (C=O) groups excluding carboxylic acids is 1. The summed E-state index contributed by atoms with van der Waals surface area (Å²) in [6, 6.07) is 8.90. The Kier molecular flexibility index (Phi) is 5.52. The Bertz CT molecular complexity index is 424. The fraction of sp³-hybridized carbons (Fsp3) is 0.533. The molecule has 1 aliphatic heterocycles. The summed E-state index contributed by atoms with van der Waals surface area (Å²) in [6.07, 6.45) is 0.924. The topological polar surface area (TPSA) is 69.8 Å². The van der Waals surface area contributed by atoms with Gasteiger partial charge in [0.15, 0.2) is 0 Å². The lowest BCUT2D eigenvalue weighted by molar-refractivity contribution is -0.132. The summed E-state index contributed by atoms with van der Waals surface area (Å²) in [5.41, 5.74) is 6.92. The van der Waals surface area contributed by atoms with Gasteiger partial charge < -0.3 is 15.7 Å². The molecule has 1 aromatic rings. The third kappa shape index (κ3) is 3.79. The lowest BCUT2D eigenvalue weighted by Gasteiger charge is -2.24. The van der Waals surface area contributed by atoms with Crippen LogP contribution in [0.1, 0.15) is 18.0 Å². The number of benzene rings is 1. The normalized spacial score (nSPS) is 18.6. The molecule has 0 unspecified atom stereocenters. The molecule has 5 nitrogen and oxygen atoms in total. The minimum Gasteiger partial charge on any atom is -0.395 e. The van der Waals surface area contributed by atoms with Gasteiger partial charge in [-0.2, -0.15) is 0 Å². The highest BCUT2D eigenvalue weighted by Gasteiger charge is 2.24. The van der Waals surface area contributed by atoms with E-state index in [1.54, 1.807) is 0 Å². The van der Waals surface area contributed by atoms with E-state index < -0.39 is 6.04 Å². The van der Waals surface area contributed by atoms with Crippen LogP contribution in [0.2, 0.25) is 0 Å². The molecule has 2 rings (SSSR count). The van der Waals surface area contributed by atoms with E-state index in [9.17, 15) is 4.79 Å². The molecular weight excluding hydrogens is 254 g/mol. The second kappa shape index (κ2) is 7.38. The highest BCUT2D eigenvalue weighted by atomic mass is 16.3. The Morgan fingerprint density at radius 3 is 2.65 bits per heavy atom. The largest absolute Gasteiger partial charge is 0.395 e. The Morgan fingerprint density at radius 2 is 1.95 bits per heavy atom. The fourth-order valence-electron chi connectivity index (χ4n) is 2.56. The van der Waals surface area contributed by atoms with E-state index in [1.165, 1.54) is 0 Å². The van der Waals surface area contributed by atoms with Crippen molar-refractivity contribution < 1.29 is 9.90 Å². The highest BCUT2D eigenvalue weighted by Crippen LogP contribution is 2.14. The van der Waals surface area contributed by atoms with Gasteiger partial charge in [0.2, 0.25) is 5.91 Å². The predicted octanol–water partition coefficient (Wildman–Crippen LogP) is 0.213. The zero-order chi connectivity index (χ0) is 14.4. The minimum absolute atomic E-state index is 0.0120. The third-order valence-electron chi connectivity index (χ3n) is 3.74. The molecule has 1 aliphatic rings. The van der Waals surface area contributed by atoms with E-state index in [-0.39, 0.29) is 12.5 Å². The third-order valence-corrected chi connectivity index (χ3v) is 3.74. The molecule has 0 bridgehead atoms. The lowest BCUT2D eigenvalue weighted by Crippen LogP contribution is -2.41. The van der Waals surface area contributed by atoms with Crippen molar-refractivity contribution in [3.05, 3.63) is 35.9 Å². The molecule has 3 N–H and O–H groups in total. The van der Waals surface area contributed by atoms with Crippen LogP contribution in [0, 0.1) is 0 Å². The van der Waals surface area contributed by atoms with Crippen LogP contribution in [0.5, 0.6) is 0 Å². The van der Waals surface area contributed by atoms with Crippen LogP contribution in [-0.2, 0) is 4.79 Å². The van der Waals surface area contributed by atoms with Crippen LogP contribution in [0.3, 0.4) is 0 Å². The summed E-state index contributed by atoms with van der Waals surface area (Å²) in [4.78, 5) is 16.5. The zero-order valence-corrected chi connectivity index (χ0v) is 11.7. The highest BCUT2D eigenvalue weighted by molar-refractivity contribution is 5.83. The number of amides is 1. The Balaban J connectivity index is 1.95. The summed E-state index contributed by atoms with van der Waals surface area (Å²) in [6.45, 7) is 3.98. The SMILES string of the molecule is N[C@@H](C(=O)N1CCCN(CCO)CC1)c1ccccc1. The predicted molar refractivity (Wildman–Crippen MR) is 78.1 cm³/mol. The van der Waals surface area contributed by atoms with Crippen molar-refractivity contribution in [3.8, 4) is 0 Å². The number of nitrogens with two attached hydrogens (primary N) is 1. The van der Waals surface area contributed by atoms with Crippen molar-refractivity contribution in [1.82, 2.24) is 9.80 Å². The molecule has 1 atom stereocenters. The van der Waals surface area contributed by atoms with Crippen LogP contribution in [0.4, 0.5) is 0 Å². The van der Waals surface area contributed by atoms with Gasteiger partial charge in [-0.15, -0.1) is 0 Å². The molecule has 1 saturated heterocycles. The van der Waals surface area contributed by atoms with Crippen molar-refractivity contribution >= 4 is 5.91 Å². The molecule has 1 heterocycles. The van der Waals surface area contributed by atoms with Gasteiger partial charge in [0.25, 0.3) is 0 Å². The number of aliphatic hydroxyl groups is 1. The number of nitrogens with zero attached hydrogens (tertiary/aromatic N) is 2. The summed E-state index contributed by atoms with van der Waals surface area (Å²) in [7, 11) is 0. The van der Waals surface area contributed by atoms with E-state index in [0.717, 1.165) is 31.6 Å². The quantitative estimate of drug-likeness (QED) is 0.825. The second-order valence-corrected chi connectivity index (χ2v) is 5.13. The van der Waals surface area contributed by atoms with Crippen molar-refractivity contribution in [2.75, 3.05) is 39.3 Å². The monoisotopic (exact) mass is 277 g/mol. The second-order valence-electron chi connectivity index (χ2n) is 5.13. The van der Waals surface area contributed by atoms with E-state index in [1.807, 2.05) is 35.2 Å². The number of rotatable bonds is 4. The van der Waals surface area contributed by atoms with Gasteiger partial charge in [-0.3, -0.25) is 9.69 Å². The van der Waals surface area contributed by atoms with E-state index in [0.29, 0.717) is 13.1 Å². The molecule has 0 saturated carbocycles. The summed E-state index contributed by atoms with van der Waals surface area (Å²) in [5, 5.41) is 8.98. The number of β-amino-alcohol motifs (C(OH)–C–C–N with tert-alkyl or cyclic N) is 1. The molecule has 110 valence electrons. The standard InChI is InChI=1S/C15H23N3O2/c16-14(13-5-2-1-3-6-13)15(20)18-8-4-7-17(9-10-18)11-12-19/h1-3,5-6,14,19H,4,7-12,16H2/t14-/m1/s1. The fourth-order valence-corrected chi connectivity index (χ4v) is 2.56. The number of hydrogen-bond donors (Lipinski definition) is 2. The molecule has 1 aromatic carbocycles. The zero-order valence-electron chi connectivity index (χ0n) is 11.7. The molecule has 0 spiro atoms. The maximum atomic E-state index is 12.4. The summed E-state index contributed by atoms with van der Waals surface area (Å²) < 4.78 is 0. The Hall–Kier alpha value is -1.43. The average Bonchev–Trinajstić information content (AvgIpc) is 2.73. The van der Waals surface area contributed by atoms with Crippen LogP contribution in [-0.4, -0.2) is 60.1 Å². The van der Waals surface area contributed by atoms with Gasteiger partial charge in [-0.25, -0.2) is 0 Å². The lowest BCUT2D eigenvalue weighted by atomic mass is 10.1. The van der Waals surface area contributed by atoms with Crippen LogP contribution in [0.15, 0.2) is 30.3 Å². The number of aliphatic hydroxyl groups excluding tert-OH is 1. The molecule has 20 heavy (non-hydrogen) atoms. The maximum absolute atomic E-state index is 12.4. The van der Waals surface area contributed by atoms with Crippen LogP contribution >= 0.6 is 0 Å². The van der Waals surface area contributed by atoms with E-state index in [2.05, 4.69) is 4.90 Å². The molecule has 1 amide bonds. The van der Waals surface area contributed by atoms with Gasteiger partial charge in [0.05, 0.1) is 6.61 Å². The average molecular weight is 277 g/mol. The van der Waals surface area contributed by atoms with Gasteiger partial charge in [0.1, 0.15) is 6.04 Å². The van der Waals surface area contributed by atoms with Gasteiger partial charge >= 0.3 is 0 Å². The Morgan fingerprint density at radius 1 is 1.20 bits per heavy atom. The molecule has 0 aliphatic carbocycles. The van der Waals surface area contributed by atoms with E-state index >= 15 is 0 Å². The molecule has 1 fully saturated rings. The maximum Gasteiger partial charge on any atom is 0.244 e. The molecule has 0 radical (unpaired) electrons. The van der Waals surface area contributed by atoms with Crippen molar-refractivity contribution in [1.29, 1.82) is 0 Å². The smallest absolute Gasteiger partial charge is 0.244 e. The molecular formula is C15H23N3O2. The van der Waals surface area contributed by atoms with E-state index in [4.69, 9.17) is 10.8 Å². The van der Waals surface area contributed by atoms with Crippen molar-refractivity contribution in [2.24, 2.45) is 5.73 Å². The van der Waals surface area contributed by atoms with Gasteiger partial charge in [-0.1, -0.05) is 30.3 Å². The molecule has 0 aromatic heterocycles. The summed E-state index contributed by atoms with van der Waals surface area (Å²) >= 11 is 0. The minimum atomic E-state index is -0.583. The Labute approximate surface area is 120 Å². The summed E-state index contributed by atoms with van der Waals surface area (Å²) in [5.74, 6) is -0.0120.